The number of nitrogens with zero attached hydrogens (tertiary/aromatic N) is 4. The topological polar surface area (TPSA) is 140 Å². The summed E-state index contributed by atoms with van der Waals surface area (Å²) in [5.74, 6) is 0.207. The second-order valence-electron chi connectivity index (χ2n) is 9.41. The second-order valence-corrected chi connectivity index (χ2v) is 9.84. The average Bonchev–Trinajstić information content (AvgIpc) is 2.88. The number of nitriles is 1. The summed E-state index contributed by atoms with van der Waals surface area (Å²) in [6.07, 6.45) is 7.70. The Hall–Kier alpha value is -3.31. The number of nitrogens with two attached hydrogens (primary N) is 1. The first-order valence-corrected chi connectivity index (χ1v) is 12.8. The molecule has 0 saturated heterocycles. The Morgan fingerprint density at radius 2 is 1.70 bits per heavy atom. The molecule has 1 heterocycles. The number of ether oxygens (including phenoxy) is 4. The Morgan fingerprint density at radius 3 is 2.33 bits per heavy atom. The molecule has 2 aromatic rings. The predicted molar refractivity (Wildman–Crippen MR) is 145 cm³/mol. The fourth-order valence-electron chi connectivity index (χ4n) is 3.31. The van der Waals surface area contributed by atoms with Gasteiger partial charge in [0.05, 0.1) is 12.3 Å². The maximum atomic E-state index is 11.8. The molecule has 0 bridgehead atoms. The highest BCUT2D eigenvalue weighted by atomic mass is 127. The van der Waals surface area contributed by atoms with Gasteiger partial charge in [0.15, 0.2) is 19.0 Å². The van der Waals surface area contributed by atoms with E-state index in [9.17, 15) is 9.59 Å². The number of rotatable bonds is 13. The first-order valence-electron chi connectivity index (χ1n) is 12.5. The molecule has 13 heteroatoms. The molecule has 0 aliphatic rings. The fraction of sp³-hybridized carbons (Fsp3) is 0.444. The minimum absolute atomic E-state index is 0. The molecule has 0 spiro atoms. The molecule has 11 nitrogen and oxygen atoms in total. The Morgan fingerprint density at radius 1 is 1.05 bits per heavy atom. The quantitative estimate of drug-likeness (QED) is 0.0628. The van der Waals surface area contributed by atoms with Gasteiger partial charge in [-0.1, -0.05) is 24.4 Å². The van der Waals surface area contributed by atoms with E-state index in [0.717, 1.165) is 37.1 Å². The van der Waals surface area contributed by atoms with Crippen molar-refractivity contribution in [3.8, 4) is 11.9 Å². The Bertz CT molecular complexity index is 1130. The number of aliphatic imine (C=N–C) groups is 1. The lowest BCUT2D eigenvalue weighted by Gasteiger charge is -2.22. The van der Waals surface area contributed by atoms with Gasteiger partial charge >= 0.3 is 12.1 Å². The molecule has 40 heavy (non-hydrogen) atoms. The third-order valence-electron chi connectivity index (χ3n) is 5.04. The van der Waals surface area contributed by atoms with Crippen molar-refractivity contribution < 1.29 is 57.1 Å². The number of aromatic nitrogens is 1. The van der Waals surface area contributed by atoms with Crippen LogP contribution in [0.1, 0.15) is 46.5 Å². The van der Waals surface area contributed by atoms with Crippen molar-refractivity contribution in [1.29, 1.82) is 5.26 Å². The number of unbranched alkanes of at least 4 members (excludes halogenated alkanes) is 3. The minimum Gasteiger partial charge on any atom is -1.00 e. The van der Waals surface area contributed by atoms with Crippen LogP contribution >= 0.6 is 11.6 Å². The zero-order valence-corrected chi connectivity index (χ0v) is 25.8. The normalized spacial score (nSPS) is 11.0. The molecule has 0 fully saturated rings. The van der Waals surface area contributed by atoms with Gasteiger partial charge in [-0.25, -0.2) is 9.59 Å². The molecule has 0 unspecified atom stereocenters. The highest BCUT2D eigenvalue weighted by Gasteiger charge is 2.19. The summed E-state index contributed by atoms with van der Waals surface area (Å²) < 4.78 is 22.1. The number of carbonyl (C=O) groups is 2. The van der Waals surface area contributed by atoms with Crippen molar-refractivity contribution >= 4 is 35.4 Å². The van der Waals surface area contributed by atoms with Crippen LogP contribution in [0.2, 0.25) is 5.02 Å². The van der Waals surface area contributed by atoms with E-state index >= 15 is 0 Å². The van der Waals surface area contributed by atoms with E-state index in [2.05, 4.69) is 4.99 Å². The summed E-state index contributed by atoms with van der Waals surface area (Å²) in [4.78, 5) is 28.8. The molecular formula is C27H35ClIN5O6. The number of esters is 1. The average molecular weight is 688 g/mol. The molecule has 0 aliphatic heterocycles. The monoisotopic (exact) mass is 687 g/mol. The van der Waals surface area contributed by atoms with Gasteiger partial charge in [-0.15, -0.1) is 4.99 Å². The zero-order valence-electron chi connectivity index (χ0n) is 22.8. The fourth-order valence-corrected chi connectivity index (χ4v) is 3.43. The van der Waals surface area contributed by atoms with Crippen LogP contribution in [-0.2, 0) is 25.7 Å². The Balaban J connectivity index is 0.00000800. The van der Waals surface area contributed by atoms with E-state index < -0.39 is 24.3 Å². The summed E-state index contributed by atoms with van der Waals surface area (Å²) in [5, 5.41) is 9.62. The number of halogens is 2. The molecular weight excluding hydrogens is 653 g/mol. The summed E-state index contributed by atoms with van der Waals surface area (Å²) in [6, 6.07) is 10.8. The number of hydrogen-bond acceptors (Lipinski definition) is 8. The van der Waals surface area contributed by atoms with Gasteiger partial charge < -0.3 is 53.6 Å². The van der Waals surface area contributed by atoms with Crippen molar-refractivity contribution in [2.75, 3.05) is 24.7 Å². The highest BCUT2D eigenvalue weighted by Crippen LogP contribution is 2.17. The van der Waals surface area contributed by atoms with Crippen LogP contribution in [0.25, 0.3) is 0 Å². The van der Waals surface area contributed by atoms with Crippen LogP contribution in [0.15, 0.2) is 53.8 Å². The van der Waals surface area contributed by atoms with Crippen LogP contribution in [0.3, 0.4) is 0 Å². The molecule has 2 N–H and O–H groups in total. The zero-order chi connectivity index (χ0) is 28.7. The smallest absolute Gasteiger partial charge is 0.513 e. The largest absolute Gasteiger partial charge is 1.00 e. The Kier molecular flexibility index (Phi) is 15.7. The van der Waals surface area contributed by atoms with Crippen LogP contribution < -0.4 is 43.9 Å². The second kappa shape index (κ2) is 18.1. The van der Waals surface area contributed by atoms with Gasteiger partial charge in [-0.05, 0) is 57.9 Å². The lowest BCUT2D eigenvalue weighted by Crippen LogP contribution is -3.00. The number of anilines is 1. The summed E-state index contributed by atoms with van der Waals surface area (Å²) in [5.41, 5.74) is 6.07. The molecule has 0 aliphatic carbocycles. The van der Waals surface area contributed by atoms with Crippen molar-refractivity contribution in [3.05, 3.63) is 53.8 Å². The number of guanidine groups is 1. The van der Waals surface area contributed by atoms with Crippen LogP contribution in [0.4, 0.5) is 10.5 Å². The SMILES string of the molecule is CC(C)(C)OC(=O)COC(=O)OC[n+]1ccc(N(CCCCCCOc2ccc(Cl)cc2)C(N)=NC#N)cc1.[I-]. The molecule has 0 saturated carbocycles. The number of hydrogen-bond donors (Lipinski definition) is 1. The van der Waals surface area contributed by atoms with E-state index in [1.165, 1.54) is 0 Å². The van der Waals surface area contributed by atoms with Gasteiger partial charge in [0.1, 0.15) is 11.4 Å². The van der Waals surface area contributed by atoms with Gasteiger partial charge in [-0.3, -0.25) is 0 Å². The summed E-state index contributed by atoms with van der Waals surface area (Å²) in [6.45, 7) is 5.64. The molecule has 0 amide bonds. The first kappa shape index (κ1) is 34.7. The third-order valence-corrected chi connectivity index (χ3v) is 5.30. The van der Waals surface area contributed by atoms with E-state index in [-0.39, 0.29) is 36.7 Å². The van der Waals surface area contributed by atoms with Gasteiger partial charge in [-0.2, -0.15) is 9.83 Å². The maximum absolute atomic E-state index is 11.8. The minimum atomic E-state index is -0.997. The van der Waals surface area contributed by atoms with Gasteiger partial charge in [0.2, 0.25) is 12.2 Å². The summed E-state index contributed by atoms with van der Waals surface area (Å²) in [7, 11) is 0. The molecule has 1 aromatic carbocycles. The standard InChI is InChI=1S/C27H35ClN5O6.HI/c1-27(2,3)39-24(34)18-37-26(35)38-20-32-15-12-22(13-16-32)33(25(30)31-19-29)14-6-4-5-7-17-36-23-10-8-21(28)9-11-23;/h8-13,15-16H,4-7,14,17-18,20H2,1-3H3,(H2,30,31);1H/q+1;/p-1. The van der Waals surface area contributed by atoms with Gasteiger partial charge in [0.25, 0.3) is 6.73 Å². The van der Waals surface area contributed by atoms with Crippen molar-refractivity contribution in [2.24, 2.45) is 10.7 Å². The highest BCUT2D eigenvalue weighted by molar-refractivity contribution is 6.30. The van der Waals surface area contributed by atoms with Crippen LogP contribution in [-0.4, -0.2) is 43.4 Å². The molecule has 0 radical (unpaired) electrons. The van der Waals surface area contributed by atoms with E-state index in [1.807, 2.05) is 12.1 Å². The maximum Gasteiger partial charge on any atom is 0.513 e. The molecule has 218 valence electrons. The van der Waals surface area contributed by atoms with Crippen molar-refractivity contribution in [3.63, 3.8) is 0 Å². The third kappa shape index (κ3) is 14.2. The van der Waals surface area contributed by atoms with E-state index in [1.54, 1.807) is 73.1 Å². The van der Waals surface area contributed by atoms with Crippen molar-refractivity contribution in [1.82, 2.24) is 0 Å². The predicted octanol–water partition coefficient (Wildman–Crippen LogP) is 1.33. The van der Waals surface area contributed by atoms with Crippen LogP contribution in [0.5, 0.6) is 5.75 Å². The molecule has 2 rings (SSSR count). The van der Waals surface area contributed by atoms with Crippen molar-refractivity contribution in [2.45, 2.75) is 58.8 Å². The number of benzene rings is 1. The van der Waals surface area contributed by atoms with Crippen LogP contribution in [0, 0.1) is 11.5 Å². The summed E-state index contributed by atoms with van der Waals surface area (Å²) >= 11 is 5.88. The molecule has 0 atom stereocenters. The lowest BCUT2D eigenvalue weighted by atomic mass is 10.2. The number of carbonyl (C=O) groups excluding carboxylic acids is 2. The first-order chi connectivity index (χ1) is 18.6. The lowest BCUT2D eigenvalue weighted by molar-refractivity contribution is -0.727. The molecule has 1 aromatic heterocycles. The number of pyridine rings is 1. The van der Waals surface area contributed by atoms with E-state index in [4.69, 9.17) is 41.5 Å². The van der Waals surface area contributed by atoms with E-state index in [0.29, 0.717) is 18.2 Å². The Labute approximate surface area is 256 Å². The van der Waals surface area contributed by atoms with Gasteiger partial charge in [0, 0.05) is 23.7 Å².